The van der Waals surface area contributed by atoms with Crippen LogP contribution in [0.15, 0.2) is 53.6 Å². The summed E-state index contributed by atoms with van der Waals surface area (Å²) in [5.41, 5.74) is 2.07. The molecule has 0 radical (unpaired) electrons. The van der Waals surface area contributed by atoms with Gasteiger partial charge in [-0.25, -0.2) is 9.40 Å². The van der Waals surface area contributed by atoms with Gasteiger partial charge in [-0.2, -0.15) is 5.10 Å². The van der Waals surface area contributed by atoms with Gasteiger partial charge in [-0.1, -0.05) is 18.2 Å². The summed E-state index contributed by atoms with van der Waals surface area (Å²) in [4.78, 5) is 12.4. The molecular weight excluding hydrogens is 295 g/mol. The smallest absolute Gasteiger partial charge is 0.274 e. The molecule has 4 nitrogen and oxygen atoms in total. The van der Waals surface area contributed by atoms with Gasteiger partial charge < -0.3 is 4.74 Å². The zero-order chi connectivity index (χ0) is 16.2. The highest BCUT2D eigenvalue weighted by atomic mass is 19.1. The second-order valence-electron chi connectivity index (χ2n) is 5.20. The minimum Gasteiger partial charge on any atom is -0.494 e. The second-order valence-corrected chi connectivity index (χ2v) is 5.20. The van der Waals surface area contributed by atoms with Gasteiger partial charge in [0.05, 0.1) is 18.9 Å². The number of hydrogen-bond acceptors (Lipinski definition) is 3. The Morgan fingerprint density at radius 2 is 2.09 bits per heavy atom. The molecule has 0 bridgehead atoms. The summed E-state index contributed by atoms with van der Waals surface area (Å²) in [6, 6.07) is 13.3. The summed E-state index contributed by atoms with van der Waals surface area (Å²) in [5, 5.41) is 5.77. The van der Waals surface area contributed by atoms with Crippen LogP contribution in [0.25, 0.3) is 0 Å². The molecule has 1 aliphatic heterocycles. The monoisotopic (exact) mass is 312 g/mol. The van der Waals surface area contributed by atoms with E-state index in [4.69, 9.17) is 4.74 Å². The Hall–Kier alpha value is -2.69. The lowest BCUT2D eigenvalue weighted by Gasteiger charge is -2.11. The van der Waals surface area contributed by atoms with Gasteiger partial charge in [-0.3, -0.25) is 4.79 Å². The molecule has 1 amide bonds. The van der Waals surface area contributed by atoms with E-state index in [1.54, 1.807) is 6.07 Å². The van der Waals surface area contributed by atoms with Crippen LogP contribution in [-0.2, 0) is 0 Å². The molecule has 0 atom stereocenters. The first kappa shape index (κ1) is 15.2. The SMILES string of the molecule is CCOc1cccc(C2=NN(C(=O)c3cccc(F)c3)CC2)c1. The van der Waals surface area contributed by atoms with Gasteiger partial charge in [0.15, 0.2) is 0 Å². The third kappa shape index (κ3) is 3.39. The van der Waals surface area contributed by atoms with E-state index in [0.29, 0.717) is 25.1 Å². The molecule has 3 rings (SSSR count). The average Bonchev–Trinajstić information content (AvgIpc) is 3.05. The van der Waals surface area contributed by atoms with Gasteiger partial charge in [0, 0.05) is 17.5 Å². The molecule has 0 spiro atoms. The first-order valence-corrected chi connectivity index (χ1v) is 7.55. The van der Waals surface area contributed by atoms with Gasteiger partial charge in [0.25, 0.3) is 5.91 Å². The number of amides is 1. The molecule has 1 heterocycles. The summed E-state index contributed by atoms with van der Waals surface area (Å²) in [6.07, 6.45) is 0.663. The number of rotatable bonds is 4. The number of hydrogen-bond donors (Lipinski definition) is 0. The number of hydrazone groups is 1. The normalized spacial score (nSPS) is 13.8. The third-order valence-corrected chi connectivity index (χ3v) is 3.59. The minimum absolute atomic E-state index is 0.291. The van der Waals surface area contributed by atoms with Crippen molar-refractivity contribution in [3.63, 3.8) is 0 Å². The minimum atomic E-state index is -0.427. The van der Waals surface area contributed by atoms with Crippen LogP contribution < -0.4 is 4.74 Å². The Labute approximate surface area is 134 Å². The van der Waals surface area contributed by atoms with Crippen LogP contribution in [0.2, 0.25) is 0 Å². The van der Waals surface area contributed by atoms with Crippen molar-refractivity contribution in [1.82, 2.24) is 5.01 Å². The van der Waals surface area contributed by atoms with Crippen molar-refractivity contribution in [2.24, 2.45) is 5.10 Å². The molecule has 0 N–H and O–H groups in total. The molecule has 0 fully saturated rings. The van der Waals surface area contributed by atoms with Crippen LogP contribution in [0.4, 0.5) is 4.39 Å². The van der Waals surface area contributed by atoms with E-state index in [2.05, 4.69) is 5.10 Å². The number of carbonyl (C=O) groups excluding carboxylic acids is 1. The summed E-state index contributed by atoms with van der Waals surface area (Å²) >= 11 is 0. The van der Waals surface area contributed by atoms with E-state index >= 15 is 0 Å². The molecule has 118 valence electrons. The van der Waals surface area contributed by atoms with Crippen molar-refractivity contribution in [3.8, 4) is 5.75 Å². The fraction of sp³-hybridized carbons (Fsp3) is 0.222. The molecule has 2 aromatic rings. The van der Waals surface area contributed by atoms with Crippen LogP contribution in [-0.4, -0.2) is 29.8 Å². The Morgan fingerprint density at radius 3 is 2.87 bits per heavy atom. The first-order valence-electron chi connectivity index (χ1n) is 7.55. The maximum atomic E-state index is 13.3. The van der Waals surface area contributed by atoms with Crippen LogP contribution in [0.1, 0.15) is 29.3 Å². The summed E-state index contributed by atoms with van der Waals surface area (Å²) < 4.78 is 18.7. The van der Waals surface area contributed by atoms with Crippen molar-refractivity contribution < 1.29 is 13.9 Å². The van der Waals surface area contributed by atoms with Crippen molar-refractivity contribution in [3.05, 3.63) is 65.5 Å². The maximum Gasteiger partial charge on any atom is 0.274 e. The van der Waals surface area contributed by atoms with E-state index in [1.165, 1.54) is 23.2 Å². The Kier molecular flexibility index (Phi) is 4.37. The van der Waals surface area contributed by atoms with E-state index in [-0.39, 0.29) is 5.91 Å². The number of carbonyl (C=O) groups is 1. The molecule has 23 heavy (non-hydrogen) atoms. The molecule has 0 aromatic heterocycles. The molecule has 5 heteroatoms. The van der Waals surface area contributed by atoms with E-state index in [9.17, 15) is 9.18 Å². The molecule has 0 saturated heterocycles. The summed E-state index contributed by atoms with van der Waals surface area (Å²) in [6.45, 7) is 3.02. The van der Waals surface area contributed by atoms with Crippen LogP contribution in [0, 0.1) is 5.82 Å². The predicted molar refractivity (Wildman–Crippen MR) is 86.2 cm³/mol. The van der Waals surface area contributed by atoms with Gasteiger partial charge in [-0.15, -0.1) is 0 Å². The van der Waals surface area contributed by atoms with E-state index in [1.807, 2.05) is 31.2 Å². The average molecular weight is 312 g/mol. The Bertz CT molecular complexity index is 758. The lowest BCUT2D eigenvalue weighted by Crippen LogP contribution is -2.23. The molecule has 0 saturated carbocycles. The topological polar surface area (TPSA) is 41.9 Å². The van der Waals surface area contributed by atoms with Gasteiger partial charge >= 0.3 is 0 Å². The van der Waals surface area contributed by atoms with E-state index in [0.717, 1.165) is 17.0 Å². The van der Waals surface area contributed by atoms with Gasteiger partial charge in [0.2, 0.25) is 0 Å². The number of ether oxygens (including phenoxy) is 1. The van der Waals surface area contributed by atoms with Crippen LogP contribution in [0.3, 0.4) is 0 Å². The van der Waals surface area contributed by atoms with Gasteiger partial charge in [0.1, 0.15) is 11.6 Å². The highest BCUT2D eigenvalue weighted by molar-refractivity contribution is 6.04. The molecule has 0 aliphatic carbocycles. The highest BCUT2D eigenvalue weighted by Gasteiger charge is 2.23. The zero-order valence-corrected chi connectivity index (χ0v) is 12.8. The van der Waals surface area contributed by atoms with Crippen molar-refractivity contribution in [2.75, 3.05) is 13.2 Å². The lowest BCUT2D eigenvalue weighted by atomic mass is 10.1. The zero-order valence-electron chi connectivity index (χ0n) is 12.8. The van der Waals surface area contributed by atoms with Crippen molar-refractivity contribution in [1.29, 1.82) is 0 Å². The highest BCUT2D eigenvalue weighted by Crippen LogP contribution is 2.20. The number of halogens is 1. The standard InChI is InChI=1S/C18H17FN2O2/c1-2-23-16-8-4-5-13(12-16)17-9-10-21(20-17)18(22)14-6-3-7-15(19)11-14/h3-8,11-12H,2,9-10H2,1H3. The number of benzene rings is 2. The first-order chi connectivity index (χ1) is 11.2. The molecule has 0 unspecified atom stereocenters. The van der Waals surface area contributed by atoms with Crippen molar-refractivity contribution in [2.45, 2.75) is 13.3 Å². The summed E-state index contributed by atoms with van der Waals surface area (Å²) in [5.74, 6) is 0.0618. The maximum absolute atomic E-state index is 13.3. The fourth-order valence-corrected chi connectivity index (χ4v) is 2.51. The number of nitrogens with zero attached hydrogens (tertiary/aromatic N) is 2. The largest absolute Gasteiger partial charge is 0.494 e. The van der Waals surface area contributed by atoms with E-state index < -0.39 is 5.82 Å². The quantitative estimate of drug-likeness (QED) is 0.867. The predicted octanol–water partition coefficient (Wildman–Crippen LogP) is 3.47. The Balaban J connectivity index is 1.80. The Morgan fingerprint density at radius 1 is 1.26 bits per heavy atom. The molecule has 2 aromatic carbocycles. The fourth-order valence-electron chi connectivity index (χ4n) is 2.51. The lowest BCUT2D eigenvalue weighted by molar-refractivity contribution is 0.0778. The van der Waals surface area contributed by atoms with Crippen molar-refractivity contribution >= 4 is 11.6 Å². The summed E-state index contributed by atoms with van der Waals surface area (Å²) in [7, 11) is 0. The van der Waals surface area contributed by atoms with Crippen LogP contribution >= 0.6 is 0 Å². The second kappa shape index (κ2) is 6.60. The molecule has 1 aliphatic rings. The molecular formula is C18H17FN2O2. The van der Waals surface area contributed by atoms with Crippen LogP contribution in [0.5, 0.6) is 5.75 Å². The third-order valence-electron chi connectivity index (χ3n) is 3.59. The van der Waals surface area contributed by atoms with Gasteiger partial charge in [-0.05, 0) is 37.3 Å².